The highest BCUT2D eigenvalue weighted by Crippen LogP contribution is 2.55. The van der Waals surface area contributed by atoms with Crippen LogP contribution in [0.5, 0.6) is 0 Å². The van der Waals surface area contributed by atoms with E-state index in [1.807, 2.05) is 0 Å². The zero-order chi connectivity index (χ0) is 10.4. The Hall–Kier alpha value is 0.464. The van der Waals surface area contributed by atoms with Crippen LogP contribution in [0.3, 0.4) is 0 Å². The average molecular weight is 233 g/mol. The normalized spacial score (nSPS) is 32.4. The zero-order valence-electron chi connectivity index (χ0n) is 9.61. The van der Waals surface area contributed by atoms with Gasteiger partial charge in [0.2, 0.25) is 0 Å². The molecule has 3 heteroatoms. The predicted octanol–water partition coefficient (Wildman–Crippen LogP) is 4.12. The van der Waals surface area contributed by atoms with Gasteiger partial charge in [-0.15, -0.1) is 11.6 Å². The summed E-state index contributed by atoms with van der Waals surface area (Å²) in [5.41, 5.74) is 4.84. The Morgan fingerprint density at radius 3 is 1.77 bits per heavy atom. The van der Waals surface area contributed by atoms with Crippen molar-refractivity contribution >= 4 is 27.7 Å². The third-order valence-corrected chi connectivity index (χ3v) is 6.84. The van der Waals surface area contributed by atoms with E-state index in [0.717, 1.165) is 5.54 Å². The van der Waals surface area contributed by atoms with Crippen molar-refractivity contribution in [3.05, 3.63) is 11.3 Å². The topological polar surface area (TPSA) is 0 Å². The van der Waals surface area contributed by atoms with Crippen LogP contribution in [0.2, 0.25) is 44.8 Å². The first kappa shape index (κ1) is 11.5. The SMILES string of the molecule is C[Si](C)(C)/C=C1/C(Cl)C1[Si](C)(C)C. The van der Waals surface area contributed by atoms with Crippen LogP contribution in [0, 0.1) is 0 Å². The summed E-state index contributed by atoms with van der Waals surface area (Å²) >= 11 is 6.30. The number of hydrogen-bond donors (Lipinski definition) is 0. The molecule has 0 aromatic carbocycles. The first-order chi connectivity index (χ1) is 5.63. The van der Waals surface area contributed by atoms with Gasteiger partial charge in [0.15, 0.2) is 0 Å². The monoisotopic (exact) mass is 232 g/mol. The fourth-order valence-electron chi connectivity index (χ4n) is 1.86. The second kappa shape index (κ2) is 3.25. The summed E-state index contributed by atoms with van der Waals surface area (Å²) in [7, 11) is -2.07. The lowest BCUT2D eigenvalue weighted by Gasteiger charge is -2.14. The molecule has 76 valence electrons. The molecule has 0 bridgehead atoms. The first-order valence-corrected chi connectivity index (χ1v) is 12.6. The maximum atomic E-state index is 6.30. The summed E-state index contributed by atoms with van der Waals surface area (Å²) in [4.78, 5) is 0. The van der Waals surface area contributed by atoms with E-state index in [1.165, 1.54) is 0 Å². The molecule has 2 unspecified atom stereocenters. The largest absolute Gasteiger partial charge is 0.118 e. The van der Waals surface area contributed by atoms with E-state index in [-0.39, 0.29) is 0 Å². The molecule has 0 aromatic heterocycles. The minimum atomic E-state index is -1.04. The fraction of sp³-hybridized carbons (Fsp3) is 0.800. The fourth-order valence-corrected chi connectivity index (χ4v) is 7.24. The maximum Gasteiger partial charge on any atom is 0.0687 e. The molecular weight excluding hydrogens is 212 g/mol. The Morgan fingerprint density at radius 1 is 1.08 bits per heavy atom. The van der Waals surface area contributed by atoms with Crippen LogP contribution >= 0.6 is 11.6 Å². The van der Waals surface area contributed by atoms with E-state index in [1.54, 1.807) is 5.57 Å². The molecule has 1 saturated carbocycles. The molecule has 0 radical (unpaired) electrons. The van der Waals surface area contributed by atoms with E-state index in [4.69, 9.17) is 11.6 Å². The molecule has 0 N–H and O–H groups in total. The molecule has 1 rings (SSSR count). The molecule has 1 aliphatic rings. The quantitative estimate of drug-likeness (QED) is 0.497. The van der Waals surface area contributed by atoms with Crippen molar-refractivity contribution in [2.45, 2.75) is 50.2 Å². The number of allylic oxidation sites excluding steroid dienone is 1. The molecular formula is C10H21ClSi2. The van der Waals surface area contributed by atoms with Crippen LogP contribution in [-0.4, -0.2) is 21.5 Å². The Kier molecular flexibility index (Phi) is 2.88. The third kappa shape index (κ3) is 2.96. The van der Waals surface area contributed by atoms with Crippen LogP contribution in [0.4, 0.5) is 0 Å². The molecule has 0 aromatic rings. The van der Waals surface area contributed by atoms with Crippen LogP contribution in [0.1, 0.15) is 0 Å². The molecule has 0 heterocycles. The summed E-state index contributed by atoms with van der Waals surface area (Å²) in [5.74, 6) is 0. The number of rotatable bonds is 2. The summed E-state index contributed by atoms with van der Waals surface area (Å²) in [6.07, 6.45) is 0. The molecule has 0 aliphatic heterocycles. The molecule has 0 nitrogen and oxygen atoms in total. The highest BCUT2D eigenvalue weighted by molar-refractivity contribution is 6.83. The van der Waals surface area contributed by atoms with Crippen LogP contribution in [-0.2, 0) is 0 Å². The van der Waals surface area contributed by atoms with Gasteiger partial charge in [0, 0.05) is 0 Å². The van der Waals surface area contributed by atoms with Gasteiger partial charge in [0.25, 0.3) is 0 Å². The summed E-state index contributed by atoms with van der Waals surface area (Å²) in [6.45, 7) is 14.4. The second-order valence-corrected chi connectivity index (χ2v) is 17.1. The van der Waals surface area contributed by atoms with Crippen molar-refractivity contribution in [1.82, 2.24) is 0 Å². The van der Waals surface area contributed by atoms with Crippen molar-refractivity contribution in [3.63, 3.8) is 0 Å². The van der Waals surface area contributed by atoms with Gasteiger partial charge in [-0.05, 0) is 5.54 Å². The predicted molar refractivity (Wildman–Crippen MR) is 68.2 cm³/mol. The van der Waals surface area contributed by atoms with Crippen molar-refractivity contribution in [1.29, 1.82) is 0 Å². The van der Waals surface area contributed by atoms with E-state index in [2.05, 4.69) is 45.0 Å². The van der Waals surface area contributed by atoms with Gasteiger partial charge in [-0.2, -0.15) is 0 Å². The van der Waals surface area contributed by atoms with Gasteiger partial charge in [-0.25, -0.2) is 0 Å². The molecule has 1 aliphatic carbocycles. The minimum absolute atomic E-state index is 0.387. The van der Waals surface area contributed by atoms with Gasteiger partial charge in [-0.3, -0.25) is 0 Å². The maximum absolute atomic E-state index is 6.30. The van der Waals surface area contributed by atoms with Crippen LogP contribution in [0.15, 0.2) is 11.3 Å². The third-order valence-electron chi connectivity index (χ3n) is 2.39. The highest BCUT2D eigenvalue weighted by Gasteiger charge is 2.50. The number of halogens is 1. The van der Waals surface area contributed by atoms with Gasteiger partial charge in [-0.1, -0.05) is 50.6 Å². The summed E-state index contributed by atoms with van der Waals surface area (Å²) < 4.78 is 0. The number of hydrogen-bond acceptors (Lipinski definition) is 0. The van der Waals surface area contributed by atoms with Crippen molar-refractivity contribution in [3.8, 4) is 0 Å². The smallest absolute Gasteiger partial charge is 0.0687 e. The van der Waals surface area contributed by atoms with E-state index < -0.39 is 16.1 Å². The summed E-state index contributed by atoms with van der Waals surface area (Å²) in [5, 5.41) is 0.387. The average Bonchev–Trinajstić information content (AvgIpc) is 2.34. The molecule has 13 heavy (non-hydrogen) atoms. The highest BCUT2D eigenvalue weighted by atomic mass is 35.5. The Morgan fingerprint density at radius 2 is 1.54 bits per heavy atom. The van der Waals surface area contributed by atoms with E-state index >= 15 is 0 Å². The lowest BCUT2D eigenvalue weighted by molar-refractivity contribution is 1.35. The van der Waals surface area contributed by atoms with E-state index in [0.29, 0.717) is 5.38 Å². The second-order valence-electron chi connectivity index (χ2n) is 6.26. The Bertz CT molecular complexity index is 232. The minimum Gasteiger partial charge on any atom is -0.118 e. The van der Waals surface area contributed by atoms with Crippen molar-refractivity contribution in [2.75, 3.05) is 0 Å². The molecule has 0 saturated heterocycles. The first-order valence-electron chi connectivity index (χ1n) is 4.99. The van der Waals surface area contributed by atoms with Crippen LogP contribution in [0.25, 0.3) is 0 Å². The van der Waals surface area contributed by atoms with Gasteiger partial charge >= 0.3 is 0 Å². The van der Waals surface area contributed by atoms with Gasteiger partial charge in [0.1, 0.15) is 0 Å². The summed E-state index contributed by atoms with van der Waals surface area (Å²) in [6, 6.07) is 0. The van der Waals surface area contributed by atoms with Crippen LogP contribution < -0.4 is 0 Å². The molecule has 1 fully saturated rings. The zero-order valence-corrected chi connectivity index (χ0v) is 12.4. The van der Waals surface area contributed by atoms with Crippen molar-refractivity contribution < 1.29 is 0 Å². The number of alkyl halides is 1. The van der Waals surface area contributed by atoms with Gasteiger partial charge < -0.3 is 0 Å². The molecule has 0 amide bonds. The standard InChI is InChI=1S/C10H21ClSi2/c1-12(2,3)7-8-9(11)10(8)13(4,5)6/h7,9-10H,1-6H3/b8-7-. The van der Waals surface area contributed by atoms with E-state index in [9.17, 15) is 0 Å². The lowest BCUT2D eigenvalue weighted by Crippen LogP contribution is -2.21. The molecule has 2 atom stereocenters. The Balaban J connectivity index is 2.75. The van der Waals surface area contributed by atoms with Crippen molar-refractivity contribution in [2.24, 2.45) is 0 Å². The van der Waals surface area contributed by atoms with Gasteiger partial charge in [0.05, 0.1) is 21.5 Å². The lowest BCUT2D eigenvalue weighted by atomic mass is 10.7. The molecule has 0 spiro atoms. The Labute approximate surface area is 89.4 Å².